The van der Waals surface area contributed by atoms with Gasteiger partial charge in [0.25, 0.3) is 0 Å². The molecular weight excluding hydrogens is 288 g/mol. The Bertz CT molecular complexity index is 494. The molecule has 1 heterocycles. The summed E-state index contributed by atoms with van der Waals surface area (Å²) in [6.07, 6.45) is 12.7. The molecule has 4 nitrogen and oxygen atoms in total. The summed E-state index contributed by atoms with van der Waals surface area (Å²) in [7, 11) is 0. The van der Waals surface area contributed by atoms with Crippen LogP contribution in [0, 0.1) is 11.3 Å². The standard InChI is InChI=1S/C19H30N2O2/c1-2-21-16-10-6-7-12-19(16,13-11-17(21)22)18(23)20-14-15-8-4-3-5-9-15/h10,15H,2-9,11-14H2,1H3,(H,20,23). The lowest BCUT2D eigenvalue weighted by molar-refractivity contribution is -0.140. The summed E-state index contributed by atoms with van der Waals surface area (Å²) in [5.41, 5.74) is 0.542. The second kappa shape index (κ2) is 7.06. The number of likely N-dealkylation sites (tertiary alicyclic amines) is 1. The highest BCUT2D eigenvalue weighted by Gasteiger charge is 2.49. The van der Waals surface area contributed by atoms with E-state index in [1.54, 1.807) is 0 Å². The fraction of sp³-hybridized carbons (Fsp3) is 0.789. The van der Waals surface area contributed by atoms with Crippen LogP contribution in [0.4, 0.5) is 0 Å². The van der Waals surface area contributed by atoms with Crippen molar-refractivity contribution in [2.75, 3.05) is 13.1 Å². The van der Waals surface area contributed by atoms with Gasteiger partial charge in [-0.15, -0.1) is 0 Å². The third-order valence-electron chi connectivity index (χ3n) is 6.02. The lowest BCUT2D eigenvalue weighted by Gasteiger charge is -2.45. The molecule has 23 heavy (non-hydrogen) atoms. The number of nitrogens with one attached hydrogen (secondary N) is 1. The molecule has 1 saturated heterocycles. The van der Waals surface area contributed by atoms with Crippen molar-refractivity contribution in [2.24, 2.45) is 11.3 Å². The Kier molecular flexibility index (Phi) is 5.08. The number of hydrogen-bond acceptors (Lipinski definition) is 2. The van der Waals surface area contributed by atoms with Gasteiger partial charge in [0.1, 0.15) is 0 Å². The molecule has 2 aliphatic carbocycles. The van der Waals surface area contributed by atoms with Crippen molar-refractivity contribution in [3.63, 3.8) is 0 Å². The molecule has 2 amide bonds. The van der Waals surface area contributed by atoms with Crippen molar-refractivity contribution in [3.05, 3.63) is 11.8 Å². The zero-order valence-electron chi connectivity index (χ0n) is 14.4. The number of nitrogens with zero attached hydrogens (tertiary/aromatic N) is 1. The average Bonchev–Trinajstić information content (AvgIpc) is 2.60. The molecule has 1 atom stereocenters. The SMILES string of the molecule is CCN1C(=O)CCC2(C(=O)NCC3CCCCC3)CCCC=C12. The van der Waals surface area contributed by atoms with Crippen LogP contribution >= 0.6 is 0 Å². The van der Waals surface area contributed by atoms with Crippen molar-refractivity contribution in [1.29, 1.82) is 0 Å². The minimum absolute atomic E-state index is 0.167. The van der Waals surface area contributed by atoms with Gasteiger partial charge < -0.3 is 10.2 Å². The Morgan fingerprint density at radius 3 is 2.78 bits per heavy atom. The van der Waals surface area contributed by atoms with E-state index < -0.39 is 5.41 Å². The monoisotopic (exact) mass is 318 g/mol. The van der Waals surface area contributed by atoms with E-state index >= 15 is 0 Å². The first-order chi connectivity index (χ1) is 11.2. The summed E-state index contributed by atoms with van der Waals surface area (Å²) < 4.78 is 0. The molecule has 128 valence electrons. The number of piperidine rings is 1. The first-order valence-electron chi connectivity index (χ1n) is 9.46. The van der Waals surface area contributed by atoms with E-state index in [0.29, 0.717) is 25.3 Å². The minimum Gasteiger partial charge on any atom is -0.355 e. The van der Waals surface area contributed by atoms with Crippen molar-refractivity contribution in [2.45, 2.75) is 71.1 Å². The van der Waals surface area contributed by atoms with Gasteiger partial charge in [-0.05, 0) is 51.4 Å². The van der Waals surface area contributed by atoms with E-state index in [2.05, 4.69) is 11.4 Å². The van der Waals surface area contributed by atoms with Gasteiger partial charge >= 0.3 is 0 Å². The Labute approximate surface area is 139 Å². The molecule has 0 spiro atoms. The highest BCUT2D eigenvalue weighted by molar-refractivity contribution is 5.91. The molecule has 3 rings (SSSR count). The molecule has 1 aliphatic heterocycles. The van der Waals surface area contributed by atoms with E-state index in [1.807, 2.05) is 11.8 Å². The largest absolute Gasteiger partial charge is 0.355 e. The third-order valence-corrected chi connectivity index (χ3v) is 6.02. The van der Waals surface area contributed by atoms with Gasteiger partial charge in [0.2, 0.25) is 11.8 Å². The highest BCUT2D eigenvalue weighted by Crippen LogP contribution is 2.46. The van der Waals surface area contributed by atoms with Gasteiger partial charge in [0.05, 0.1) is 5.41 Å². The Morgan fingerprint density at radius 2 is 2.04 bits per heavy atom. The second-order valence-corrected chi connectivity index (χ2v) is 7.42. The summed E-state index contributed by atoms with van der Waals surface area (Å²) in [4.78, 5) is 27.1. The highest BCUT2D eigenvalue weighted by atomic mass is 16.2. The summed E-state index contributed by atoms with van der Waals surface area (Å²) in [5, 5.41) is 3.25. The minimum atomic E-state index is -0.448. The fourth-order valence-corrected chi connectivity index (χ4v) is 4.66. The van der Waals surface area contributed by atoms with Gasteiger partial charge in [-0.25, -0.2) is 0 Å². The Morgan fingerprint density at radius 1 is 1.26 bits per heavy atom. The predicted octanol–water partition coefficient (Wildman–Crippen LogP) is 3.38. The quantitative estimate of drug-likeness (QED) is 0.864. The van der Waals surface area contributed by atoms with E-state index in [9.17, 15) is 9.59 Å². The lowest BCUT2D eigenvalue weighted by Crippen LogP contribution is -2.53. The van der Waals surface area contributed by atoms with Crippen LogP contribution in [0.1, 0.15) is 71.1 Å². The van der Waals surface area contributed by atoms with Crippen molar-refractivity contribution in [1.82, 2.24) is 10.2 Å². The smallest absolute Gasteiger partial charge is 0.232 e. The molecule has 4 heteroatoms. The predicted molar refractivity (Wildman–Crippen MR) is 90.6 cm³/mol. The Hall–Kier alpha value is -1.32. The van der Waals surface area contributed by atoms with Crippen LogP contribution in [-0.2, 0) is 9.59 Å². The molecule has 0 radical (unpaired) electrons. The van der Waals surface area contributed by atoms with Crippen LogP contribution < -0.4 is 5.32 Å². The maximum atomic E-state index is 13.1. The zero-order chi connectivity index (χ0) is 16.3. The Balaban J connectivity index is 1.72. The van der Waals surface area contributed by atoms with Crippen molar-refractivity contribution in [3.8, 4) is 0 Å². The summed E-state index contributed by atoms with van der Waals surface area (Å²) >= 11 is 0. The normalized spacial score (nSPS) is 29.0. The van der Waals surface area contributed by atoms with Crippen molar-refractivity contribution < 1.29 is 9.59 Å². The van der Waals surface area contributed by atoms with Crippen LogP contribution in [0.15, 0.2) is 11.8 Å². The summed E-state index contributed by atoms with van der Waals surface area (Å²) in [6, 6.07) is 0. The van der Waals surface area contributed by atoms with E-state index in [0.717, 1.165) is 31.5 Å². The molecule has 0 bridgehead atoms. The maximum Gasteiger partial charge on any atom is 0.232 e. The van der Waals surface area contributed by atoms with Gasteiger partial charge in [-0.2, -0.15) is 0 Å². The zero-order valence-corrected chi connectivity index (χ0v) is 14.4. The number of rotatable bonds is 4. The molecule has 1 saturated carbocycles. The number of carbonyl (C=O) groups is 2. The van der Waals surface area contributed by atoms with Crippen LogP contribution in [0.2, 0.25) is 0 Å². The van der Waals surface area contributed by atoms with Gasteiger partial charge in [-0.1, -0.05) is 25.3 Å². The average molecular weight is 318 g/mol. The second-order valence-electron chi connectivity index (χ2n) is 7.42. The lowest BCUT2D eigenvalue weighted by atomic mass is 9.69. The van der Waals surface area contributed by atoms with Crippen LogP contribution in [0.5, 0.6) is 0 Å². The molecular formula is C19H30N2O2. The topological polar surface area (TPSA) is 49.4 Å². The first-order valence-corrected chi connectivity index (χ1v) is 9.46. The molecule has 3 aliphatic rings. The van der Waals surface area contributed by atoms with E-state index in [-0.39, 0.29) is 11.8 Å². The first kappa shape index (κ1) is 16.5. The molecule has 0 aromatic carbocycles. The van der Waals surface area contributed by atoms with Crippen LogP contribution in [0.3, 0.4) is 0 Å². The number of allylic oxidation sites excluding steroid dienone is 1. The fourth-order valence-electron chi connectivity index (χ4n) is 4.66. The van der Waals surface area contributed by atoms with Gasteiger partial charge in [-0.3, -0.25) is 9.59 Å². The van der Waals surface area contributed by atoms with E-state index in [4.69, 9.17) is 0 Å². The maximum absolute atomic E-state index is 13.1. The molecule has 2 fully saturated rings. The number of fused-ring (bicyclic) bond motifs is 1. The van der Waals surface area contributed by atoms with E-state index in [1.165, 1.54) is 32.1 Å². The molecule has 1 N–H and O–H groups in total. The van der Waals surface area contributed by atoms with Gasteiger partial charge in [0.15, 0.2) is 0 Å². The summed E-state index contributed by atoms with van der Waals surface area (Å²) in [6.45, 7) is 3.49. The molecule has 0 aromatic rings. The third kappa shape index (κ3) is 3.17. The number of amides is 2. The number of carbonyl (C=O) groups excluding carboxylic acids is 2. The summed E-state index contributed by atoms with van der Waals surface area (Å²) in [5.74, 6) is 0.990. The van der Waals surface area contributed by atoms with Crippen LogP contribution in [-0.4, -0.2) is 29.8 Å². The van der Waals surface area contributed by atoms with Gasteiger partial charge in [0, 0.05) is 25.2 Å². The molecule has 0 aromatic heterocycles. The number of hydrogen-bond donors (Lipinski definition) is 1. The molecule has 1 unspecified atom stereocenters. The van der Waals surface area contributed by atoms with Crippen LogP contribution in [0.25, 0.3) is 0 Å². The van der Waals surface area contributed by atoms with Crippen molar-refractivity contribution >= 4 is 11.8 Å².